The molecule has 2 aromatic heterocycles. The summed E-state index contributed by atoms with van der Waals surface area (Å²) in [6, 6.07) is 10.2. The molecule has 0 atom stereocenters. The largest absolute Gasteiger partial charge is 0.369 e. The van der Waals surface area contributed by atoms with Gasteiger partial charge >= 0.3 is 0 Å². The first-order chi connectivity index (χ1) is 13.7. The number of carbonyl (C=O) groups excluding carboxylic acids is 1. The Labute approximate surface area is 163 Å². The summed E-state index contributed by atoms with van der Waals surface area (Å²) in [4.78, 5) is 25.8. The number of fused-ring (bicyclic) bond motifs is 1. The van der Waals surface area contributed by atoms with Crippen molar-refractivity contribution in [2.24, 2.45) is 7.05 Å². The number of nitrogens with zero attached hydrogens (tertiary/aromatic N) is 5. The van der Waals surface area contributed by atoms with Crippen molar-refractivity contribution in [2.75, 3.05) is 18.4 Å². The maximum absolute atomic E-state index is 12.3. The molecule has 28 heavy (non-hydrogen) atoms. The minimum absolute atomic E-state index is 0.124. The topological polar surface area (TPSA) is 97.6 Å². The number of hydrogen-bond donors (Lipinski definition) is 2. The van der Waals surface area contributed by atoms with Gasteiger partial charge in [-0.15, -0.1) is 0 Å². The Hall–Kier alpha value is -3.29. The predicted octanol–water partition coefficient (Wildman–Crippen LogP) is 1.33. The van der Waals surface area contributed by atoms with Crippen molar-refractivity contribution in [3.8, 4) is 0 Å². The van der Waals surface area contributed by atoms with Crippen LogP contribution < -0.4 is 10.6 Å². The van der Waals surface area contributed by atoms with E-state index in [2.05, 4.69) is 37.8 Å². The Bertz CT molecular complexity index is 968. The highest BCUT2D eigenvalue weighted by molar-refractivity contribution is 5.96. The molecule has 8 nitrogen and oxygen atoms in total. The Morgan fingerprint density at radius 1 is 1.14 bits per heavy atom. The lowest BCUT2D eigenvalue weighted by molar-refractivity contribution is 0.0940. The number of carbonyl (C=O) groups is 1. The first-order valence-corrected chi connectivity index (χ1v) is 9.49. The van der Waals surface area contributed by atoms with Gasteiger partial charge in [0.1, 0.15) is 29.5 Å². The molecule has 0 unspecified atom stereocenters. The monoisotopic (exact) mass is 377 g/mol. The van der Waals surface area contributed by atoms with Gasteiger partial charge in [-0.25, -0.2) is 15.0 Å². The van der Waals surface area contributed by atoms with Crippen molar-refractivity contribution >= 4 is 11.7 Å². The summed E-state index contributed by atoms with van der Waals surface area (Å²) in [5.74, 6) is 2.21. The highest BCUT2D eigenvalue weighted by atomic mass is 16.1. The van der Waals surface area contributed by atoms with E-state index in [9.17, 15) is 4.79 Å². The highest BCUT2D eigenvalue weighted by Gasteiger charge is 2.23. The molecule has 1 amide bonds. The number of nitrogens with one attached hydrogen (secondary N) is 2. The number of rotatable bonds is 7. The maximum Gasteiger partial charge on any atom is 0.270 e. The average molecular weight is 377 g/mol. The summed E-state index contributed by atoms with van der Waals surface area (Å²) < 4.78 is 1.76. The zero-order valence-electron chi connectivity index (χ0n) is 15.9. The fourth-order valence-corrected chi connectivity index (χ4v) is 3.34. The van der Waals surface area contributed by atoms with Crippen LogP contribution in [0.4, 0.5) is 5.82 Å². The summed E-state index contributed by atoms with van der Waals surface area (Å²) in [6.45, 7) is 1.27. The van der Waals surface area contributed by atoms with Gasteiger partial charge in [0.25, 0.3) is 5.91 Å². The van der Waals surface area contributed by atoms with Crippen molar-refractivity contribution in [1.29, 1.82) is 0 Å². The Kier molecular flexibility index (Phi) is 5.27. The standard InChI is InChI=1S/C20H23N7O/c1-27-17(23-13-24-27)10-12-21-19-15-9-11-22-20(28)18(15)25-16(26-19)8-7-14-5-3-2-4-6-14/h2-6,13H,7-12H2,1H3,(H,22,28)(H,21,25,26). The lowest BCUT2D eigenvalue weighted by Gasteiger charge is -2.20. The van der Waals surface area contributed by atoms with E-state index in [1.54, 1.807) is 11.0 Å². The number of hydrogen-bond acceptors (Lipinski definition) is 6. The molecule has 2 N–H and O–H groups in total. The number of aromatic nitrogens is 5. The minimum Gasteiger partial charge on any atom is -0.369 e. The first kappa shape index (κ1) is 18.1. The third-order valence-corrected chi connectivity index (χ3v) is 4.86. The summed E-state index contributed by atoms with van der Waals surface area (Å²) in [5, 5.41) is 10.3. The van der Waals surface area contributed by atoms with E-state index in [-0.39, 0.29) is 5.91 Å². The van der Waals surface area contributed by atoms with E-state index < -0.39 is 0 Å². The van der Waals surface area contributed by atoms with Crippen molar-refractivity contribution < 1.29 is 4.79 Å². The Morgan fingerprint density at radius 3 is 2.79 bits per heavy atom. The van der Waals surface area contributed by atoms with Crippen LogP contribution in [0.2, 0.25) is 0 Å². The van der Waals surface area contributed by atoms with Crippen LogP contribution in [0.25, 0.3) is 0 Å². The molecule has 0 fully saturated rings. The van der Waals surface area contributed by atoms with Gasteiger partial charge in [-0.05, 0) is 18.4 Å². The molecule has 0 spiro atoms. The summed E-state index contributed by atoms with van der Waals surface area (Å²) >= 11 is 0. The fourth-order valence-electron chi connectivity index (χ4n) is 3.34. The van der Waals surface area contributed by atoms with Gasteiger partial charge in [-0.3, -0.25) is 9.48 Å². The number of anilines is 1. The van der Waals surface area contributed by atoms with E-state index in [1.165, 1.54) is 5.56 Å². The lowest BCUT2D eigenvalue weighted by atomic mass is 10.1. The van der Waals surface area contributed by atoms with Gasteiger partial charge in [-0.2, -0.15) is 5.10 Å². The van der Waals surface area contributed by atoms with Crippen LogP contribution in [0.3, 0.4) is 0 Å². The molecule has 0 bridgehead atoms. The molecule has 1 aromatic carbocycles. The number of aryl methyl sites for hydroxylation is 3. The fraction of sp³-hybridized carbons (Fsp3) is 0.350. The van der Waals surface area contributed by atoms with E-state index in [0.29, 0.717) is 31.0 Å². The van der Waals surface area contributed by atoms with Crippen molar-refractivity contribution in [3.63, 3.8) is 0 Å². The Balaban J connectivity index is 1.52. The molecule has 1 aliphatic heterocycles. The molecule has 3 aromatic rings. The van der Waals surface area contributed by atoms with E-state index in [0.717, 1.165) is 36.5 Å². The quantitative estimate of drug-likeness (QED) is 0.645. The van der Waals surface area contributed by atoms with Crippen LogP contribution in [0.15, 0.2) is 36.7 Å². The van der Waals surface area contributed by atoms with Crippen LogP contribution >= 0.6 is 0 Å². The maximum atomic E-state index is 12.3. The third kappa shape index (κ3) is 4.00. The predicted molar refractivity (Wildman–Crippen MR) is 105 cm³/mol. The van der Waals surface area contributed by atoms with Crippen LogP contribution in [0.1, 0.15) is 33.3 Å². The SMILES string of the molecule is Cn1ncnc1CCNc1nc(CCc2ccccc2)nc2c1CCNC2=O. The molecule has 4 rings (SSSR count). The van der Waals surface area contributed by atoms with E-state index in [1.807, 2.05) is 25.2 Å². The third-order valence-electron chi connectivity index (χ3n) is 4.86. The molecule has 8 heteroatoms. The number of amides is 1. The zero-order chi connectivity index (χ0) is 19.3. The summed E-state index contributed by atoms with van der Waals surface area (Å²) in [5.41, 5.74) is 2.61. The lowest BCUT2D eigenvalue weighted by Crippen LogP contribution is -2.34. The zero-order valence-corrected chi connectivity index (χ0v) is 15.9. The molecule has 144 valence electrons. The second kappa shape index (κ2) is 8.16. The van der Waals surface area contributed by atoms with Crippen molar-refractivity contribution in [2.45, 2.75) is 25.7 Å². The van der Waals surface area contributed by atoms with Gasteiger partial charge < -0.3 is 10.6 Å². The smallest absolute Gasteiger partial charge is 0.270 e. The summed E-state index contributed by atoms with van der Waals surface area (Å²) in [7, 11) is 1.88. The van der Waals surface area contributed by atoms with Gasteiger partial charge in [0.05, 0.1) is 0 Å². The van der Waals surface area contributed by atoms with E-state index >= 15 is 0 Å². The van der Waals surface area contributed by atoms with Crippen LogP contribution in [0, 0.1) is 0 Å². The molecule has 0 radical (unpaired) electrons. The molecular formula is C20H23N7O. The van der Waals surface area contributed by atoms with Crippen LogP contribution in [-0.4, -0.2) is 43.7 Å². The average Bonchev–Trinajstić information content (AvgIpc) is 3.13. The second-order valence-electron chi connectivity index (χ2n) is 6.78. The second-order valence-corrected chi connectivity index (χ2v) is 6.78. The highest BCUT2D eigenvalue weighted by Crippen LogP contribution is 2.21. The molecule has 0 saturated carbocycles. The van der Waals surface area contributed by atoms with E-state index in [4.69, 9.17) is 4.98 Å². The van der Waals surface area contributed by atoms with Crippen LogP contribution in [-0.2, 0) is 32.7 Å². The first-order valence-electron chi connectivity index (χ1n) is 9.49. The molecule has 0 saturated heterocycles. The molecule has 0 aliphatic carbocycles. The van der Waals surface area contributed by atoms with Gasteiger partial charge in [0, 0.05) is 38.5 Å². The molecule has 1 aliphatic rings. The normalized spacial score (nSPS) is 13.1. The minimum atomic E-state index is -0.124. The Morgan fingerprint density at radius 2 is 2.00 bits per heavy atom. The summed E-state index contributed by atoms with van der Waals surface area (Å²) in [6.07, 6.45) is 4.52. The molecular weight excluding hydrogens is 354 g/mol. The van der Waals surface area contributed by atoms with Gasteiger partial charge in [-0.1, -0.05) is 30.3 Å². The van der Waals surface area contributed by atoms with Gasteiger partial charge in [0.2, 0.25) is 0 Å². The number of benzene rings is 1. The van der Waals surface area contributed by atoms with Gasteiger partial charge in [0.15, 0.2) is 0 Å². The van der Waals surface area contributed by atoms with Crippen LogP contribution in [0.5, 0.6) is 0 Å². The van der Waals surface area contributed by atoms with Crippen molar-refractivity contribution in [3.05, 3.63) is 65.1 Å². The van der Waals surface area contributed by atoms with Crippen molar-refractivity contribution in [1.82, 2.24) is 30.0 Å². The molecule has 3 heterocycles.